The van der Waals surface area contributed by atoms with Crippen LogP contribution in [-0.2, 0) is 4.79 Å². The largest absolute Gasteiger partial charge is 0.333 e. The number of thiophene rings is 1. The Morgan fingerprint density at radius 2 is 2.40 bits per heavy atom. The molecule has 1 amide bonds. The fourth-order valence-corrected chi connectivity index (χ4v) is 3.33. The van der Waals surface area contributed by atoms with Crippen LogP contribution in [0.4, 0.5) is 0 Å². The van der Waals surface area contributed by atoms with Gasteiger partial charge in [0.15, 0.2) is 0 Å². The molecule has 2 rings (SSSR count). The van der Waals surface area contributed by atoms with Crippen molar-refractivity contribution in [1.29, 1.82) is 0 Å². The maximum Gasteiger partial charge on any atom is 0.224 e. The van der Waals surface area contributed by atoms with Crippen molar-refractivity contribution in [3.05, 3.63) is 21.9 Å². The number of nitrogens with two attached hydrogens (primary N) is 1. The number of carbonyl (C=O) groups excluding carboxylic acids is 1. The van der Waals surface area contributed by atoms with Gasteiger partial charge in [0.25, 0.3) is 0 Å². The van der Waals surface area contributed by atoms with Gasteiger partial charge in [0, 0.05) is 23.9 Å². The number of likely N-dealkylation sites (tertiary alicyclic amines) is 1. The van der Waals surface area contributed by atoms with E-state index in [4.69, 9.17) is 5.73 Å². The van der Waals surface area contributed by atoms with Crippen molar-refractivity contribution in [2.45, 2.75) is 32.4 Å². The first kappa shape index (κ1) is 10.6. The monoisotopic (exact) mass is 224 g/mol. The van der Waals surface area contributed by atoms with Crippen LogP contribution in [0.2, 0.25) is 0 Å². The summed E-state index contributed by atoms with van der Waals surface area (Å²) in [6, 6.07) is 2.14. The minimum atomic E-state index is -0.0465. The zero-order chi connectivity index (χ0) is 11.0. The van der Waals surface area contributed by atoms with Gasteiger partial charge in [0.1, 0.15) is 0 Å². The Bertz CT molecular complexity index is 374. The molecule has 1 saturated heterocycles. The lowest BCUT2D eigenvalue weighted by Crippen LogP contribution is -2.32. The highest BCUT2D eigenvalue weighted by Gasteiger charge is 2.38. The molecule has 0 spiro atoms. The smallest absolute Gasteiger partial charge is 0.224 e. The first-order valence-electron chi connectivity index (χ1n) is 5.24. The molecular formula is C11H16N2OS. The fraction of sp³-hybridized carbons (Fsp3) is 0.545. The van der Waals surface area contributed by atoms with Gasteiger partial charge < -0.3 is 10.6 Å². The fourth-order valence-electron chi connectivity index (χ4n) is 2.21. The van der Waals surface area contributed by atoms with E-state index in [0.29, 0.717) is 6.42 Å². The molecule has 0 aliphatic carbocycles. The minimum absolute atomic E-state index is 0.0465. The Balaban J connectivity index is 2.35. The summed E-state index contributed by atoms with van der Waals surface area (Å²) in [5, 5.41) is 2.06. The highest BCUT2D eigenvalue weighted by Crippen LogP contribution is 2.36. The van der Waals surface area contributed by atoms with Gasteiger partial charge >= 0.3 is 0 Å². The van der Waals surface area contributed by atoms with E-state index in [-0.39, 0.29) is 18.0 Å². The topological polar surface area (TPSA) is 46.3 Å². The first-order chi connectivity index (χ1) is 7.15. The molecule has 4 heteroatoms. The standard InChI is InChI=1S/C11H16N2OS/c1-3-13-9(14)6-8(12)10(13)11-7(2)4-5-15-11/h4-5,8,10H,3,6,12H2,1-2H3. The Labute approximate surface area is 93.9 Å². The predicted molar refractivity (Wildman–Crippen MR) is 61.8 cm³/mol. The highest BCUT2D eigenvalue weighted by atomic mass is 32.1. The van der Waals surface area contributed by atoms with Gasteiger partial charge in [0.05, 0.1) is 6.04 Å². The summed E-state index contributed by atoms with van der Waals surface area (Å²) in [7, 11) is 0. The number of carbonyl (C=O) groups is 1. The number of nitrogens with zero attached hydrogens (tertiary/aromatic N) is 1. The van der Waals surface area contributed by atoms with E-state index >= 15 is 0 Å². The quantitative estimate of drug-likeness (QED) is 0.830. The Kier molecular flexibility index (Phi) is 2.80. The minimum Gasteiger partial charge on any atom is -0.333 e. The van der Waals surface area contributed by atoms with Crippen LogP contribution < -0.4 is 5.73 Å². The molecule has 0 bridgehead atoms. The summed E-state index contributed by atoms with van der Waals surface area (Å²) in [4.78, 5) is 14.8. The number of amides is 1. The SMILES string of the molecule is CCN1C(=O)CC(N)C1c1sccc1C. The summed E-state index contributed by atoms with van der Waals surface area (Å²) < 4.78 is 0. The maximum absolute atomic E-state index is 11.7. The van der Waals surface area contributed by atoms with Gasteiger partial charge in [-0.2, -0.15) is 0 Å². The normalized spacial score (nSPS) is 26.3. The molecule has 15 heavy (non-hydrogen) atoms. The molecule has 2 heterocycles. The lowest BCUT2D eigenvalue weighted by atomic mass is 10.1. The third-order valence-corrected chi connectivity index (χ3v) is 4.07. The van der Waals surface area contributed by atoms with Gasteiger partial charge in [0.2, 0.25) is 5.91 Å². The molecule has 2 atom stereocenters. The van der Waals surface area contributed by atoms with Crippen molar-refractivity contribution in [2.24, 2.45) is 5.73 Å². The number of likely N-dealkylation sites (N-methyl/N-ethyl adjacent to an activating group) is 1. The average molecular weight is 224 g/mol. The van der Waals surface area contributed by atoms with Gasteiger partial charge in [-0.25, -0.2) is 0 Å². The maximum atomic E-state index is 11.7. The summed E-state index contributed by atoms with van der Waals surface area (Å²) in [6.45, 7) is 4.83. The molecule has 0 saturated carbocycles. The molecule has 1 fully saturated rings. The second kappa shape index (κ2) is 3.94. The van der Waals surface area contributed by atoms with Crippen LogP contribution >= 0.6 is 11.3 Å². The van der Waals surface area contributed by atoms with E-state index in [2.05, 4.69) is 18.4 Å². The molecule has 2 unspecified atom stereocenters. The summed E-state index contributed by atoms with van der Waals surface area (Å²) in [5.74, 6) is 0.183. The van der Waals surface area contributed by atoms with Gasteiger partial charge in [-0.1, -0.05) is 0 Å². The zero-order valence-corrected chi connectivity index (χ0v) is 9.88. The molecule has 1 aliphatic rings. The third kappa shape index (κ3) is 1.68. The number of hydrogen-bond donors (Lipinski definition) is 1. The van der Waals surface area contributed by atoms with Gasteiger partial charge in [-0.15, -0.1) is 11.3 Å². The van der Waals surface area contributed by atoms with Gasteiger partial charge in [-0.05, 0) is 30.9 Å². The van der Waals surface area contributed by atoms with Crippen molar-refractivity contribution in [2.75, 3.05) is 6.54 Å². The second-order valence-electron chi connectivity index (χ2n) is 3.96. The highest BCUT2D eigenvalue weighted by molar-refractivity contribution is 7.10. The Morgan fingerprint density at radius 3 is 2.93 bits per heavy atom. The van der Waals surface area contributed by atoms with Crippen molar-refractivity contribution in [1.82, 2.24) is 4.90 Å². The van der Waals surface area contributed by atoms with Crippen molar-refractivity contribution >= 4 is 17.2 Å². The molecule has 0 aromatic carbocycles. The van der Waals surface area contributed by atoms with Crippen LogP contribution in [0.5, 0.6) is 0 Å². The Hall–Kier alpha value is -0.870. The molecule has 1 aromatic rings. The summed E-state index contributed by atoms with van der Waals surface area (Å²) in [5.41, 5.74) is 7.28. The summed E-state index contributed by atoms with van der Waals surface area (Å²) >= 11 is 1.70. The average Bonchev–Trinajstić information content (AvgIpc) is 2.70. The zero-order valence-electron chi connectivity index (χ0n) is 9.06. The van der Waals surface area contributed by atoms with Crippen molar-refractivity contribution in [3.63, 3.8) is 0 Å². The van der Waals surface area contributed by atoms with Crippen molar-refractivity contribution < 1.29 is 4.79 Å². The number of rotatable bonds is 2. The lowest BCUT2D eigenvalue weighted by molar-refractivity contribution is -0.128. The van der Waals surface area contributed by atoms with Crippen LogP contribution in [-0.4, -0.2) is 23.4 Å². The molecule has 0 radical (unpaired) electrons. The summed E-state index contributed by atoms with van der Waals surface area (Å²) in [6.07, 6.45) is 0.482. The van der Waals surface area contributed by atoms with E-state index in [1.807, 2.05) is 11.8 Å². The predicted octanol–water partition coefficient (Wildman–Crippen LogP) is 1.68. The molecule has 3 nitrogen and oxygen atoms in total. The molecule has 2 N–H and O–H groups in total. The van der Waals surface area contributed by atoms with Crippen molar-refractivity contribution in [3.8, 4) is 0 Å². The van der Waals surface area contributed by atoms with E-state index < -0.39 is 0 Å². The van der Waals surface area contributed by atoms with E-state index in [9.17, 15) is 4.79 Å². The molecule has 82 valence electrons. The number of aryl methyl sites for hydroxylation is 1. The molecule has 1 aromatic heterocycles. The number of hydrogen-bond acceptors (Lipinski definition) is 3. The van der Waals surface area contributed by atoms with Crippen LogP contribution in [0.15, 0.2) is 11.4 Å². The Morgan fingerprint density at radius 1 is 1.67 bits per heavy atom. The van der Waals surface area contributed by atoms with E-state index in [0.717, 1.165) is 6.54 Å². The van der Waals surface area contributed by atoms with Crippen LogP contribution in [0, 0.1) is 6.92 Å². The van der Waals surface area contributed by atoms with Crippen LogP contribution in [0.3, 0.4) is 0 Å². The molecular weight excluding hydrogens is 208 g/mol. The third-order valence-electron chi connectivity index (χ3n) is 2.98. The van der Waals surface area contributed by atoms with Crippen LogP contribution in [0.1, 0.15) is 29.8 Å². The van der Waals surface area contributed by atoms with Crippen LogP contribution in [0.25, 0.3) is 0 Å². The molecule has 1 aliphatic heterocycles. The second-order valence-corrected chi connectivity index (χ2v) is 4.91. The lowest BCUT2D eigenvalue weighted by Gasteiger charge is -2.25. The van der Waals surface area contributed by atoms with E-state index in [1.165, 1.54) is 10.4 Å². The van der Waals surface area contributed by atoms with Gasteiger partial charge in [-0.3, -0.25) is 4.79 Å². The van der Waals surface area contributed by atoms with E-state index in [1.54, 1.807) is 11.3 Å². The first-order valence-corrected chi connectivity index (χ1v) is 6.12.